The third-order valence-electron chi connectivity index (χ3n) is 3.05. The van der Waals surface area contributed by atoms with Crippen molar-refractivity contribution in [2.24, 2.45) is 5.92 Å². The number of rotatable bonds is 2. The van der Waals surface area contributed by atoms with Gasteiger partial charge in [-0.2, -0.15) is 4.98 Å². The number of carboxylic acids is 1. The van der Waals surface area contributed by atoms with Gasteiger partial charge in [0.25, 0.3) is 11.7 Å². The van der Waals surface area contributed by atoms with E-state index < -0.39 is 11.9 Å². The summed E-state index contributed by atoms with van der Waals surface area (Å²) >= 11 is 0. The molecule has 1 aliphatic heterocycles. The fraction of sp³-hybridized carbons (Fsp3) is 0.600. The van der Waals surface area contributed by atoms with Crippen LogP contribution in [0.1, 0.15) is 29.9 Å². The molecule has 0 saturated carbocycles. The lowest BCUT2D eigenvalue weighted by molar-refractivity contribution is -0.142. The van der Waals surface area contributed by atoms with Gasteiger partial charge in [0, 0.05) is 19.5 Å². The zero-order chi connectivity index (χ0) is 12.6. The summed E-state index contributed by atoms with van der Waals surface area (Å²) in [6.07, 6.45) is 0.457. The summed E-state index contributed by atoms with van der Waals surface area (Å²) in [5.41, 5.74) is 0. The molecule has 1 aromatic heterocycles. The molecule has 1 aliphatic rings. The lowest BCUT2D eigenvalue weighted by Crippen LogP contribution is -2.38. The van der Waals surface area contributed by atoms with Crippen molar-refractivity contribution in [2.75, 3.05) is 6.54 Å². The summed E-state index contributed by atoms with van der Waals surface area (Å²) in [6, 6.07) is -0.348. The molecule has 7 nitrogen and oxygen atoms in total. The zero-order valence-electron chi connectivity index (χ0n) is 9.58. The van der Waals surface area contributed by atoms with Gasteiger partial charge in [-0.15, -0.1) is 0 Å². The van der Waals surface area contributed by atoms with E-state index in [0.717, 1.165) is 0 Å². The Labute approximate surface area is 97.4 Å². The highest BCUT2D eigenvalue weighted by Gasteiger charge is 2.39. The van der Waals surface area contributed by atoms with Crippen molar-refractivity contribution in [3.05, 3.63) is 11.7 Å². The molecule has 7 heteroatoms. The summed E-state index contributed by atoms with van der Waals surface area (Å²) < 4.78 is 4.73. The summed E-state index contributed by atoms with van der Waals surface area (Å²) in [4.78, 5) is 28.2. The van der Waals surface area contributed by atoms with Crippen LogP contribution in [0, 0.1) is 12.8 Å². The zero-order valence-corrected chi connectivity index (χ0v) is 9.58. The normalized spacial score (nSPS) is 24.0. The lowest BCUT2D eigenvalue weighted by Gasteiger charge is -2.21. The smallest absolute Gasteiger partial charge is 0.308 e. The average molecular weight is 239 g/mol. The van der Waals surface area contributed by atoms with Gasteiger partial charge >= 0.3 is 5.97 Å². The Morgan fingerprint density at radius 2 is 2.24 bits per heavy atom. The largest absolute Gasteiger partial charge is 0.481 e. The highest BCUT2D eigenvalue weighted by molar-refractivity contribution is 5.91. The first-order valence-corrected chi connectivity index (χ1v) is 5.35. The van der Waals surface area contributed by atoms with Crippen LogP contribution in [0.2, 0.25) is 0 Å². The molecule has 1 fully saturated rings. The summed E-state index contributed by atoms with van der Waals surface area (Å²) in [7, 11) is 0. The lowest BCUT2D eigenvalue weighted by atomic mass is 10.0. The number of aromatic nitrogens is 2. The van der Waals surface area contributed by atoms with Gasteiger partial charge in [0.1, 0.15) is 0 Å². The number of carbonyl (C=O) groups is 2. The number of carboxylic acid groups (broad SMARTS) is 1. The van der Waals surface area contributed by atoms with E-state index in [2.05, 4.69) is 10.1 Å². The summed E-state index contributed by atoms with van der Waals surface area (Å²) in [5, 5.41) is 12.5. The van der Waals surface area contributed by atoms with Crippen LogP contribution in [0.25, 0.3) is 0 Å². The van der Waals surface area contributed by atoms with E-state index >= 15 is 0 Å². The van der Waals surface area contributed by atoms with E-state index in [1.807, 2.05) is 0 Å². The van der Waals surface area contributed by atoms with Gasteiger partial charge in [0.15, 0.2) is 0 Å². The van der Waals surface area contributed by atoms with Crippen LogP contribution in [-0.4, -0.2) is 44.6 Å². The van der Waals surface area contributed by atoms with E-state index in [1.165, 1.54) is 4.90 Å². The molecule has 1 N–H and O–H groups in total. The van der Waals surface area contributed by atoms with Crippen molar-refractivity contribution in [1.82, 2.24) is 15.0 Å². The predicted octanol–water partition coefficient (Wildman–Crippen LogP) is 0.313. The molecular formula is C10H13N3O4. The Balaban J connectivity index is 2.14. The first kappa shape index (κ1) is 11.6. The van der Waals surface area contributed by atoms with Crippen LogP contribution >= 0.6 is 0 Å². The van der Waals surface area contributed by atoms with E-state index in [4.69, 9.17) is 9.63 Å². The van der Waals surface area contributed by atoms with Gasteiger partial charge in [0.2, 0.25) is 5.89 Å². The van der Waals surface area contributed by atoms with Crippen LogP contribution in [0.3, 0.4) is 0 Å². The minimum Gasteiger partial charge on any atom is -0.481 e. The molecule has 0 aliphatic carbocycles. The second-order valence-corrected chi connectivity index (χ2v) is 4.11. The number of hydrogen-bond donors (Lipinski definition) is 1. The quantitative estimate of drug-likeness (QED) is 0.797. The topological polar surface area (TPSA) is 96.5 Å². The molecule has 0 radical (unpaired) electrons. The molecular weight excluding hydrogens is 226 g/mol. The number of likely N-dealkylation sites (tertiary alicyclic amines) is 1. The van der Waals surface area contributed by atoms with Crippen molar-refractivity contribution < 1.29 is 19.2 Å². The van der Waals surface area contributed by atoms with Crippen molar-refractivity contribution >= 4 is 11.9 Å². The van der Waals surface area contributed by atoms with Gasteiger partial charge in [-0.05, 0) is 13.3 Å². The molecule has 1 saturated heterocycles. The van der Waals surface area contributed by atoms with Crippen molar-refractivity contribution in [1.29, 1.82) is 0 Å². The first-order chi connectivity index (χ1) is 8.00. The van der Waals surface area contributed by atoms with E-state index in [1.54, 1.807) is 13.8 Å². The van der Waals surface area contributed by atoms with E-state index in [0.29, 0.717) is 18.9 Å². The molecule has 2 atom stereocenters. The van der Waals surface area contributed by atoms with Gasteiger partial charge in [-0.25, -0.2) is 0 Å². The molecule has 2 unspecified atom stereocenters. The highest BCUT2D eigenvalue weighted by atomic mass is 16.5. The number of aryl methyl sites for hydroxylation is 1. The summed E-state index contributed by atoms with van der Waals surface area (Å²) in [6.45, 7) is 3.72. The monoisotopic (exact) mass is 239 g/mol. The van der Waals surface area contributed by atoms with Gasteiger partial charge in [0.05, 0.1) is 5.92 Å². The van der Waals surface area contributed by atoms with Crippen molar-refractivity contribution in [3.8, 4) is 0 Å². The average Bonchev–Trinajstić information content (AvgIpc) is 2.83. The molecule has 0 spiro atoms. The maximum Gasteiger partial charge on any atom is 0.308 e. The van der Waals surface area contributed by atoms with Crippen LogP contribution in [0.4, 0.5) is 0 Å². The molecule has 17 heavy (non-hydrogen) atoms. The van der Waals surface area contributed by atoms with Gasteiger partial charge < -0.3 is 14.5 Å². The van der Waals surface area contributed by atoms with Crippen molar-refractivity contribution in [3.63, 3.8) is 0 Å². The predicted molar refractivity (Wildman–Crippen MR) is 55.3 cm³/mol. The third-order valence-corrected chi connectivity index (χ3v) is 3.05. The number of nitrogens with zero attached hydrogens (tertiary/aromatic N) is 3. The van der Waals surface area contributed by atoms with E-state index in [-0.39, 0.29) is 17.8 Å². The molecule has 2 heterocycles. The number of aliphatic carboxylic acids is 1. The summed E-state index contributed by atoms with van der Waals surface area (Å²) in [5.74, 6) is -1.47. The van der Waals surface area contributed by atoms with E-state index in [9.17, 15) is 9.59 Å². The SMILES string of the molecule is Cc1nc(C(=O)N2CCC(C(=O)O)C2C)no1. The second-order valence-electron chi connectivity index (χ2n) is 4.11. The highest BCUT2D eigenvalue weighted by Crippen LogP contribution is 2.25. The Hall–Kier alpha value is -1.92. The van der Waals surface area contributed by atoms with Crippen LogP contribution in [0.15, 0.2) is 4.52 Å². The molecule has 0 bridgehead atoms. The standard InChI is InChI=1S/C10H13N3O4/c1-5-7(10(15)16)3-4-13(5)9(14)8-11-6(2)17-12-8/h5,7H,3-4H2,1-2H3,(H,15,16). The second kappa shape index (κ2) is 4.15. The fourth-order valence-corrected chi connectivity index (χ4v) is 2.07. The molecule has 0 aromatic carbocycles. The Bertz CT molecular complexity index is 456. The van der Waals surface area contributed by atoms with Crippen LogP contribution in [0.5, 0.6) is 0 Å². The number of hydrogen-bond acceptors (Lipinski definition) is 5. The molecule has 1 amide bonds. The number of amides is 1. The minimum absolute atomic E-state index is 0.0135. The third kappa shape index (κ3) is 2.00. The van der Waals surface area contributed by atoms with Crippen LogP contribution < -0.4 is 0 Å². The molecule has 2 rings (SSSR count). The van der Waals surface area contributed by atoms with Crippen LogP contribution in [-0.2, 0) is 4.79 Å². The first-order valence-electron chi connectivity index (χ1n) is 5.35. The Morgan fingerprint density at radius 1 is 1.53 bits per heavy atom. The molecule has 1 aromatic rings. The van der Waals surface area contributed by atoms with Gasteiger partial charge in [-0.3, -0.25) is 9.59 Å². The number of carbonyl (C=O) groups excluding carboxylic acids is 1. The molecule has 92 valence electrons. The maximum atomic E-state index is 12.0. The maximum absolute atomic E-state index is 12.0. The minimum atomic E-state index is -0.878. The Morgan fingerprint density at radius 3 is 2.71 bits per heavy atom. The Kier molecular flexibility index (Phi) is 2.83. The fourth-order valence-electron chi connectivity index (χ4n) is 2.07. The van der Waals surface area contributed by atoms with Gasteiger partial charge in [-0.1, -0.05) is 5.16 Å². The van der Waals surface area contributed by atoms with Crippen molar-refractivity contribution in [2.45, 2.75) is 26.3 Å².